The highest BCUT2D eigenvalue weighted by molar-refractivity contribution is 5.77. The number of carbonyl (C=O) groups is 2. The van der Waals surface area contributed by atoms with E-state index in [4.69, 9.17) is 9.84 Å². The molecule has 5 nitrogen and oxygen atoms in total. The first-order chi connectivity index (χ1) is 6.07. The molecule has 0 aliphatic carbocycles. The number of hydrogen-bond acceptors (Lipinski definition) is 3. The lowest BCUT2D eigenvalue weighted by Gasteiger charge is -2.15. The smallest absolute Gasteiger partial charge is 0.305 e. The van der Waals surface area contributed by atoms with Crippen LogP contribution in [0.3, 0.4) is 0 Å². The third-order valence-corrected chi connectivity index (χ3v) is 1.52. The molecular formula is C8H15NO4. The number of aliphatic carboxylic acids is 1. The zero-order chi connectivity index (χ0) is 10.3. The highest BCUT2D eigenvalue weighted by Gasteiger charge is 2.09. The lowest BCUT2D eigenvalue weighted by Crippen LogP contribution is -2.32. The predicted octanol–water partition coefficient (Wildman–Crippen LogP) is -0.0440. The molecule has 0 aliphatic rings. The number of hydrogen-bond donors (Lipinski definition) is 1. The Morgan fingerprint density at radius 3 is 2.54 bits per heavy atom. The molecule has 0 saturated heterocycles. The summed E-state index contributed by atoms with van der Waals surface area (Å²) in [7, 11) is 1.56. The molecule has 1 N–H and O–H groups in total. The summed E-state index contributed by atoms with van der Waals surface area (Å²) < 4.78 is 4.88. The Kier molecular flexibility index (Phi) is 5.88. The van der Waals surface area contributed by atoms with Crippen LogP contribution in [0.2, 0.25) is 0 Å². The molecule has 1 amide bonds. The van der Waals surface area contributed by atoms with E-state index in [1.54, 1.807) is 14.0 Å². The van der Waals surface area contributed by atoms with Gasteiger partial charge in [-0.2, -0.15) is 0 Å². The topological polar surface area (TPSA) is 66.8 Å². The predicted molar refractivity (Wildman–Crippen MR) is 46.4 cm³/mol. The second-order valence-corrected chi connectivity index (χ2v) is 2.60. The summed E-state index contributed by atoms with van der Waals surface area (Å²) >= 11 is 0. The van der Waals surface area contributed by atoms with Crippen molar-refractivity contribution in [1.29, 1.82) is 0 Å². The molecule has 0 aliphatic heterocycles. The summed E-state index contributed by atoms with van der Waals surface area (Å²) in [6.07, 6.45) is -0.0334. The molecule has 0 heterocycles. The average Bonchev–Trinajstić information content (AvgIpc) is 2.10. The lowest BCUT2D eigenvalue weighted by molar-refractivity contribution is -0.139. The quantitative estimate of drug-likeness (QED) is 0.636. The van der Waals surface area contributed by atoms with Crippen molar-refractivity contribution >= 4 is 11.9 Å². The Bertz CT molecular complexity index is 181. The number of nitrogens with zero attached hydrogens (tertiary/aromatic N) is 1. The number of likely N-dealkylation sites (N-methyl/N-ethyl adjacent to an activating group) is 1. The molecule has 0 fully saturated rings. The number of carboxylic acids is 1. The van der Waals surface area contributed by atoms with Crippen LogP contribution in [0, 0.1) is 0 Å². The molecule has 13 heavy (non-hydrogen) atoms. The molecule has 0 aromatic carbocycles. The molecule has 0 aromatic rings. The molecule has 76 valence electrons. The minimum atomic E-state index is -0.906. The second kappa shape index (κ2) is 6.42. The van der Waals surface area contributed by atoms with Gasteiger partial charge in [0.05, 0.1) is 6.42 Å². The van der Waals surface area contributed by atoms with Crippen LogP contribution in [0.1, 0.15) is 13.3 Å². The molecule has 0 saturated carbocycles. The first kappa shape index (κ1) is 11.9. The summed E-state index contributed by atoms with van der Waals surface area (Å²) in [5, 5.41) is 8.35. The van der Waals surface area contributed by atoms with Gasteiger partial charge in [-0.15, -0.1) is 0 Å². The van der Waals surface area contributed by atoms with E-state index in [0.717, 1.165) is 0 Å². The van der Waals surface area contributed by atoms with Crippen molar-refractivity contribution in [2.75, 3.05) is 26.8 Å². The van der Waals surface area contributed by atoms with Crippen molar-refractivity contribution in [1.82, 2.24) is 4.90 Å². The zero-order valence-corrected chi connectivity index (χ0v) is 7.95. The second-order valence-electron chi connectivity index (χ2n) is 2.60. The van der Waals surface area contributed by atoms with Crippen molar-refractivity contribution in [2.24, 2.45) is 0 Å². The standard InChI is InChI=1S/C8H15NO4/c1-3-13-6-7(10)9(2)5-4-8(11)12/h3-6H2,1-2H3,(H,11,12). The van der Waals surface area contributed by atoms with E-state index in [1.807, 2.05) is 0 Å². The fourth-order valence-electron chi connectivity index (χ4n) is 0.688. The molecule has 0 bridgehead atoms. The van der Waals surface area contributed by atoms with Crippen LogP contribution in [0.25, 0.3) is 0 Å². The van der Waals surface area contributed by atoms with Crippen molar-refractivity contribution < 1.29 is 19.4 Å². The first-order valence-corrected chi connectivity index (χ1v) is 4.11. The number of ether oxygens (including phenoxy) is 1. The maximum absolute atomic E-state index is 11.1. The maximum Gasteiger partial charge on any atom is 0.305 e. The highest BCUT2D eigenvalue weighted by Crippen LogP contribution is 1.90. The normalized spacial score (nSPS) is 9.69. The fourth-order valence-corrected chi connectivity index (χ4v) is 0.688. The van der Waals surface area contributed by atoms with Crippen molar-refractivity contribution in [2.45, 2.75) is 13.3 Å². The summed E-state index contributed by atoms with van der Waals surface area (Å²) in [6.45, 7) is 2.52. The van der Waals surface area contributed by atoms with Gasteiger partial charge in [0.1, 0.15) is 6.61 Å². The molecule has 0 atom stereocenters. The van der Waals surface area contributed by atoms with Crippen LogP contribution in [0.15, 0.2) is 0 Å². The lowest BCUT2D eigenvalue weighted by atomic mass is 10.4. The van der Waals surface area contributed by atoms with E-state index in [1.165, 1.54) is 4.90 Å². The van der Waals surface area contributed by atoms with E-state index < -0.39 is 5.97 Å². The molecule has 0 rings (SSSR count). The van der Waals surface area contributed by atoms with E-state index in [-0.39, 0.29) is 25.5 Å². The van der Waals surface area contributed by atoms with Gasteiger partial charge in [-0.3, -0.25) is 9.59 Å². The van der Waals surface area contributed by atoms with Gasteiger partial charge in [-0.05, 0) is 6.92 Å². The Hall–Kier alpha value is -1.10. The number of rotatable bonds is 6. The monoisotopic (exact) mass is 189 g/mol. The Balaban J connectivity index is 3.62. The van der Waals surface area contributed by atoms with Crippen LogP contribution in [-0.2, 0) is 14.3 Å². The summed E-state index contributed by atoms with van der Waals surface area (Å²) in [5.74, 6) is -1.10. The summed E-state index contributed by atoms with van der Waals surface area (Å²) in [5.41, 5.74) is 0. The number of carboxylic acid groups (broad SMARTS) is 1. The first-order valence-electron chi connectivity index (χ1n) is 4.11. The Labute approximate surface area is 77.3 Å². The van der Waals surface area contributed by atoms with Crippen LogP contribution >= 0.6 is 0 Å². The molecule has 0 aromatic heterocycles. The summed E-state index contributed by atoms with van der Waals surface area (Å²) in [4.78, 5) is 22.6. The SMILES string of the molecule is CCOCC(=O)N(C)CCC(=O)O. The molecule has 0 spiro atoms. The molecule has 0 radical (unpaired) electrons. The largest absolute Gasteiger partial charge is 0.481 e. The molecular weight excluding hydrogens is 174 g/mol. The fraction of sp³-hybridized carbons (Fsp3) is 0.750. The van der Waals surface area contributed by atoms with Gasteiger partial charge in [0.25, 0.3) is 0 Å². The summed E-state index contributed by atoms with van der Waals surface area (Å²) in [6, 6.07) is 0. The third-order valence-electron chi connectivity index (χ3n) is 1.52. The van der Waals surface area contributed by atoms with Crippen molar-refractivity contribution in [3.63, 3.8) is 0 Å². The van der Waals surface area contributed by atoms with E-state index >= 15 is 0 Å². The van der Waals surface area contributed by atoms with Gasteiger partial charge in [0.15, 0.2) is 0 Å². The minimum absolute atomic E-state index is 0.0205. The minimum Gasteiger partial charge on any atom is -0.481 e. The Morgan fingerprint density at radius 1 is 1.46 bits per heavy atom. The van der Waals surface area contributed by atoms with E-state index in [2.05, 4.69) is 0 Å². The average molecular weight is 189 g/mol. The van der Waals surface area contributed by atoms with Crippen molar-refractivity contribution in [3.8, 4) is 0 Å². The van der Waals surface area contributed by atoms with Gasteiger partial charge in [0, 0.05) is 20.2 Å². The van der Waals surface area contributed by atoms with Crippen LogP contribution in [0.4, 0.5) is 0 Å². The maximum atomic E-state index is 11.1. The van der Waals surface area contributed by atoms with Gasteiger partial charge in [0.2, 0.25) is 5.91 Å². The van der Waals surface area contributed by atoms with Crippen LogP contribution in [0.5, 0.6) is 0 Å². The number of carbonyl (C=O) groups excluding carboxylic acids is 1. The van der Waals surface area contributed by atoms with E-state index in [0.29, 0.717) is 6.61 Å². The van der Waals surface area contributed by atoms with Gasteiger partial charge in [-0.1, -0.05) is 0 Å². The Morgan fingerprint density at radius 2 is 2.08 bits per heavy atom. The zero-order valence-electron chi connectivity index (χ0n) is 7.95. The molecule has 0 unspecified atom stereocenters. The number of amides is 1. The van der Waals surface area contributed by atoms with Crippen molar-refractivity contribution in [3.05, 3.63) is 0 Å². The van der Waals surface area contributed by atoms with E-state index in [9.17, 15) is 9.59 Å². The van der Waals surface area contributed by atoms with Gasteiger partial charge >= 0.3 is 5.97 Å². The molecule has 5 heteroatoms. The van der Waals surface area contributed by atoms with Gasteiger partial charge in [-0.25, -0.2) is 0 Å². The van der Waals surface area contributed by atoms with Gasteiger partial charge < -0.3 is 14.7 Å². The van der Waals surface area contributed by atoms with Crippen LogP contribution in [-0.4, -0.2) is 48.7 Å². The highest BCUT2D eigenvalue weighted by atomic mass is 16.5. The third kappa shape index (κ3) is 6.10. The van der Waals surface area contributed by atoms with Crippen LogP contribution < -0.4 is 0 Å².